The highest BCUT2D eigenvalue weighted by molar-refractivity contribution is 7.15. The lowest BCUT2D eigenvalue weighted by Crippen LogP contribution is -2.11. The van der Waals surface area contributed by atoms with Crippen molar-refractivity contribution < 1.29 is 4.42 Å². The SMILES string of the molecule is C[C@@H](Nc1nnc(C(C)(C)C)o1)c1cn2ccsc2n1. The minimum Gasteiger partial charge on any atom is -0.408 e. The van der Waals surface area contributed by atoms with Crippen molar-refractivity contribution in [3.8, 4) is 0 Å². The quantitative estimate of drug-likeness (QED) is 0.802. The summed E-state index contributed by atoms with van der Waals surface area (Å²) in [6.45, 7) is 8.14. The maximum absolute atomic E-state index is 5.63. The van der Waals surface area contributed by atoms with Gasteiger partial charge in [-0.15, -0.1) is 16.4 Å². The van der Waals surface area contributed by atoms with E-state index in [1.54, 1.807) is 11.3 Å². The predicted octanol–water partition coefficient (Wildman–Crippen LogP) is 3.25. The van der Waals surface area contributed by atoms with Crippen molar-refractivity contribution in [2.24, 2.45) is 0 Å². The number of aromatic nitrogens is 4. The molecule has 1 atom stereocenters. The first-order valence-electron chi connectivity index (χ1n) is 6.46. The summed E-state index contributed by atoms with van der Waals surface area (Å²) in [4.78, 5) is 5.53. The van der Waals surface area contributed by atoms with Gasteiger partial charge in [0.2, 0.25) is 5.89 Å². The molecule has 3 aromatic heterocycles. The van der Waals surface area contributed by atoms with Gasteiger partial charge in [0.05, 0.1) is 11.7 Å². The highest BCUT2D eigenvalue weighted by Gasteiger charge is 2.22. The number of fused-ring (bicyclic) bond motifs is 1. The van der Waals surface area contributed by atoms with Crippen molar-refractivity contribution in [3.63, 3.8) is 0 Å². The van der Waals surface area contributed by atoms with Gasteiger partial charge in [-0.2, -0.15) is 0 Å². The molecule has 3 rings (SSSR count). The van der Waals surface area contributed by atoms with Gasteiger partial charge in [-0.1, -0.05) is 25.9 Å². The molecule has 0 fully saturated rings. The molecule has 0 unspecified atom stereocenters. The summed E-state index contributed by atoms with van der Waals surface area (Å²) in [6.07, 6.45) is 4.00. The van der Waals surface area contributed by atoms with E-state index in [4.69, 9.17) is 4.42 Å². The number of nitrogens with zero attached hydrogens (tertiary/aromatic N) is 4. The molecule has 0 radical (unpaired) electrons. The molecule has 0 aliphatic rings. The molecule has 3 heterocycles. The van der Waals surface area contributed by atoms with Crippen LogP contribution in [0.3, 0.4) is 0 Å². The summed E-state index contributed by atoms with van der Waals surface area (Å²) in [7, 11) is 0. The van der Waals surface area contributed by atoms with E-state index < -0.39 is 0 Å². The molecule has 6 nitrogen and oxygen atoms in total. The second-order valence-corrected chi connectivity index (χ2v) is 6.66. The number of imidazole rings is 1. The van der Waals surface area contributed by atoms with Crippen LogP contribution < -0.4 is 5.32 Å². The molecular formula is C13H17N5OS. The van der Waals surface area contributed by atoms with E-state index >= 15 is 0 Å². The molecule has 0 bridgehead atoms. The van der Waals surface area contributed by atoms with E-state index in [-0.39, 0.29) is 11.5 Å². The zero-order chi connectivity index (χ0) is 14.3. The van der Waals surface area contributed by atoms with Crippen LogP contribution in [0.4, 0.5) is 6.01 Å². The molecule has 20 heavy (non-hydrogen) atoms. The number of nitrogens with one attached hydrogen (secondary N) is 1. The average molecular weight is 291 g/mol. The monoisotopic (exact) mass is 291 g/mol. The van der Waals surface area contributed by atoms with Crippen LogP contribution in [0.5, 0.6) is 0 Å². The van der Waals surface area contributed by atoms with Crippen LogP contribution in [0.15, 0.2) is 22.2 Å². The summed E-state index contributed by atoms with van der Waals surface area (Å²) < 4.78 is 7.64. The van der Waals surface area contributed by atoms with Gasteiger partial charge < -0.3 is 9.73 Å². The van der Waals surface area contributed by atoms with Crippen LogP contribution in [-0.2, 0) is 5.41 Å². The van der Waals surface area contributed by atoms with Gasteiger partial charge in [-0.3, -0.25) is 4.40 Å². The van der Waals surface area contributed by atoms with Crippen molar-refractivity contribution in [1.29, 1.82) is 0 Å². The van der Waals surface area contributed by atoms with E-state index in [2.05, 4.69) is 20.5 Å². The van der Waals surface area contributed by atoms with Gasteiger partial charge in [-0.05, 0) is 6.92 Å². The van der Waals surface area contributed by atoms with Gasteiger partial charge in [0.1, 0.15) is 0 Å². The highest BCUT2D eigenvalue weighted by Crippen LogP contribution is 2.24. The highest BCUT2D eigenvalue weighted by atomic mass is 32.1. The number of thiazole rings is 1. The van der Waals surface area contributed by atoms with Gasteiger partial charge in [-0.25, -0.2) is 4.98 Å². The molecular weight excluding hydrogens is 274 g/mol. The molecule has 0 amide bonds. The Morgan fingerprint density at radius 3 is 2.80 bits per heavy atom. The van der Waals surface area contributed by atoms with E-state index in [0.717, 1.165) is 10.7 Å². The Kier molecular flexibility index (Phi) is 3.01. The lowest BCUT2D eigenvalue weighted by atomic mass is 9.97. The number of rotatable bonds is 3. The van der Waals surface area contributed by atoms with Crippen LogP contribution in [0, 0.1) is 0 Å². The molecule has 1 N–H and O–H groups in total. The minimum atomic E-state index is -0.146. The maximum Gasteiger partial charge on any atom is 0.316 e. The summed E-state index contributed by atoms with van der Waals surface area (Å²) in [5.41, 5.74) is 0.806. The van der Waals surface area contributed by atoms with E-state index in [0.29, 0.717) is 11.9 Å². The fourth-order valence-electron chi connectivity index (χ4n) is 1.80. The largest absolute Gasteiger partial charge is 0.408 e. The Hall–Kier alpha value is -1.89. The Bertz CT molecular complexity index is 692. The molecule has 7 heteroatoms. The number of hydrogen-bond donors (Lipinski definition) is 1. The van der Waals surface area contributed by atoms with Crippen molar-refractivity contribution in [2.75, 3.05) is 5.32 Å². The number of hydrogen-bond acceptors (Lipinski definition) is 6. The zero-order valence-electron chi connectivity index (χ0n) is 11.9. The number of anilines is 1. The van der Waals surface area contributed by atoms with Gasteiger partial charge >= 0.3 is 6.01 Å². The fourth-order valence-corrected chi connectivity index (χ4v) is 2.51. The van der Waals surface area contributed by atoms with Crippen molar-refractivity contribution in [3.05, 3.63) is 29.4 Å². The average Bonchev–Trinajstić information content (AvgIpc) is 3.00. The Morgan fingerprint density at radius 2 is 2.15 bits per heavy atom. The third-order valence-electron chi connectivity index (χ3n) is 2.96. The molecule has 3 aromatic rings. The predicted molar refractivity (Wildman–Crippen MR) is 78.1 cm³/mol. The topological polar surface area (TPSA) is 68.2 Å². The third kappa shape index (κ3) is 2.40. The molecule has 0 saturated heterocycles. The van der Waals surface area contributed by atoms with Gasteiger partial charge in [0.25, 0.3) is 0 Å². The Balaban J connectivity index is 1.77. The Morgan fingerprint density at radius 1 is 1.35 bits per heavy atom. The fraction of sp³-hybridized carbons (Fsp3) is 0.462. The summed E-state index contributed by atoms with van der Waals surface area (Å²) in [5.74, 6) is 0.623. The summed E-state index contributed by atoms with van der Waals surface area (Å²) in [5, 5.41) is 13.3. The van der Waals surface area contributed by atoms with Crippen LogP contribution in [0.2, 0.25) is 0 Å². The van der Waals surface area contributed by atoms with E-state index in [9.17, 15) is 0 Å². The van der Waals surface area contributed by atoms with Crippen molar-refractivity contribution in [1.82, 2.24) is 19.6 Å². The van der Waals surface area contributed by atoms with Crippen LogP contribution >= 0.6 is 11.3 Å². The summed E-state index contributed by atoms with van der Waals surface area (Å²) in [6, 6.07) is 0.439. The van der Waals surface area contributed by atoms with Crippen molar-refractivity contribution >= 4 is 22.3 Å². The van der Waals surface area contributed by atoms with Crippen molar-refractivity contribution in [2.45, 2.75) is 39.2 Å². The van der Waals surface area contributed by atoms with Crippen LogP contribution in [-0.4, -0.2) is 19.6 Å². The Labute approximate surface area is 120 Å². The maximum atomic E-state index is 5.63. The van der Waals surface area contributed by atoms with Crippen LogP contribution in [0.1, 0.15) is 45.3 Å². The standard InChI is InChI=1S/C13H17N5OS/c1-8(9-7-18-5-6-20-12(18)15-9)14-11-17-16-10(19-11)13(2,3)4/h5-8H,1-4H3,(H,14,17)/t8-/m1/s1. The molecule has 0 saturated carbocycles. The minimum absolute atomic E-state index is 0.00960. The lowest BCUT2D eigenvalue weighted by Gasteiger charge is -2.12. The zero-order valence-corrected chi connectivity index (χ0v) is 12.7. The summed E-state index contributed by atoms with van der Waals surface area (Å²) >= 11 is 1.61. The van der Waals surface area contributed by atoms with E-state index in [1.165, 1.54) is 0 Å². The lowest BCUT2D eigenvalue weighted by molar-refractivity contribution is 0.398. The second kappa shape index (κ2) is 4.59. The van der Waals surface area contributed by atoms with Gasteiger partial charge in [0, 0.05) is 23.2 Å². The molecule has 0 aliphatic carbocycles. The molecule has 106 valence electrons. The molecule has 0 spiro atoms. The second-order valence-electron chi connectivity index (χ2n) is 5.79. The van der Waals surface area contributed by atoms with E-state index in [1.807, 2.05) is 49.9 Å². The van der Waals surface area contributed by atoms with Crippen LogP contribution in [0.25, 0.3) is 4.96 Å². The molecule has 0 aromatic carbocycles. The normalized spacial score (nSPS) is 13.8. The van der Waals surface area contributed by atoms with Gasteiger partial charge in [0.15, 0.2) is 4.96 Å². The molecule has 0 aliphatic heterocycles. The smallest absolute Gasteiger partial charge is 0.316 e. The first-order valence-corrected chi connectivity index (χ1v) is 7.34. The first kappa shape index (κ1) is 13.1. The third-order valence-corrected chi connectivity index (χ3v) is 3.73. The first-order chi connectivity index (χ1) is 9.43.